The van der Waals surface area contributed by atoms with Crippen molar-refractivity contribution in [3.8, 4) is 0 Å². The number of amides is 2. The van der Waals surface area contributed by atoms with E-state index in [4.69, 9.17) is 5.73 Å². The minimum Gasteiger partial charge on any atom is -0.346 e. The second kappa shape index (κ2) is 10.3. The number of nitrogens with one attached hydrogen (secondary N) is 1. The molecule has 8 nitrogen and oxygen atoms in total. The van der Waals surface area contributed by atoms with E-state index in [9.17, 15) is 18.0 Å². The first-order chi connectivity index (χ1) is 11.1. The van der Waals surface area contributed by atoms with Crippen LogP contribution in [0, 0.1) is 5.92 Å². The molecule has 1 fully saturated rings. The van der Waals surface area contributed by atoms with Crippen LogP contribution in [-0.4, -0.2) is 74.0 Å². The lowest BCUT2D eigenvalue weighted by Crippen LogP contribution is -2.51. The van der Waals surface area contributed by atoms with Crippen molar-refractivity contribution in [2.45, 2.75) is 45.7 Å². The number of halogens is 1. The number of nitrogens with two attached hydrogens (primary N) is 1. The highest BCUT2D eigenvalue weighted by Crippen LogP contribution is 2.18. The fraction of sp³-hybridized carbons (Fsp3) is 0.867. The lowest BCUT2D eigenvalue weighted by atomic mass is 10.0. The molecule has 0 aromatic carbocycles. The lowest BCUT2D eigenvalue weighted by molar-refractivity contribution is -0.134. The zero-order chi connectivity index (χ0) is 18.5. The van der Waals surface area contributed by atoms with E-state index >= 15 is 0 Å². The first-order valence-corrected chi connectivity index (χ1v) is 10.2. The van der Waals surface area contributed by atoms with Crippen LogP contribution in [0.25, 0.3) is 0 Å². The van der Waals surface area contributed by atoms with Gasteiger partial charge >= 0.3 is 0 Å². The van der Waals surface area contributed by atoms with Crippen molar-refractivity contribution in [2.75, 3.05) is 32.4 Å². The molecule has 3 N–H and O–H groups in total. The summed E-state index contributed by atoms with van der Waals surface area (Å²) in [5.41, 5.74) is 5.73. The molecule has 1 rings (SSSR count). The molecular weight excluding hydrogens is 368 g/mol. The van der Waals surface area contributed by atoms with Gasteiger partial charge in [0.15, 0.2) is 0 Å². The monoisotopic (exact) mass is 398 g/mol. The molecule has 148 valence electrons. The maximum Gasteiger partial charge on any atom is 0.241 e. The van der Waals surface area contributed by atoms with E-state index in [1.165, 1.54) is 10.6 Å². The molecule has 0 unspecified atom stereocenters. The standard InChI is InChI=1S/C15H30N4O4S.ClH/c1-5-19(24(4,22)23)12-6-8-18(9-7-12)13(20)10-17-15(21)14(16)11(2)3;/h11-12,14H,5-10,16H2,1-4H3,(H,17,21);1H/t14-;/m0./s1. The minimum atomic E-state index is -3.23. The van der Waals surface area contributed by atoms with Gasteiger partial charge in [-0.3, -0.25) is 9.59 Å². The molecule has 1 heterocycles. The number of likely N-dealkylation sites (tertiary alicyclic amines) is 1. The number of piperidine rings is 1. The predicted molar refractivity (Wildman–Crippen MR) is 99.9 cm³/mol. The van der Waals surface area contributed by atoms with Crippen LogP contribution in [0.4, 0.5) is 0 Å². The van der Waals surface area contributed by atoms with Crippen molar-refractivity contribution in [2.24, 2.45) is 11.7 Å². The van der Waals surface area contributed by atoms with E-state index in [0.29, 0.717) is 32.5 Å². The van der Waals surface area contributed by atoms with E-state index in [1.54, 1.807) is 4.90 Å². The largest absolute Gasteiger partial charge is 0.346 e. The van der Waals surface area contributed by atoms with Gasteiger partial charge in [-0.2, -0.15) is 4.31 Å². The van der Waals surface area contributed by atoms with E-state index in [1.807, 2.05) is 20.8 Å². The molecule has 0 aromatic heterocycles. The van der Waals surface area contributed by atoms with Gasteiger partial charge in [0.25, 0.3) is 0 Å². The molecular formula is C15H31ClN4O4S. The zero-order valence-corrected chi connectivity index (χ0v) is 17.0. The maximum atomic E-state index is 12.2. The SMILES string of the molecule is CCN(C1CCN(C(=O)CNC(=O)[C@@H](N)C(C)C)CC1)S(C)(=O)=O.Cl. The van der Waals surface area contributed by atoms with Gasteiger partial charge in [0.1, 0.15) is 0 Å². The van der Waals surface area contributed by atoms with Crippen molar-refractivity contribution < 1.29 is 18.0 Å². The number of carbonyl (C=O) groups is 2. The van der Waals surface area contributed by atoms with Gasteiger partial charge in [0, 0.05) is 25.7 Å². The van der Waals surface area contributed by atoms with Crippen LogP contribution in [0.2, 0.25) is 0 Å². The smallest absolute Gasteiger partial charge is 0.241 e. The average molecular weight is 399 g/mol. The van der Waals surface area contributed by atoms with Gasteiger partial charge in [-0.05, 0) is 18.8 Å². The third kappa shape index (κ3) is 7.08. The molecule has 1 aliphatic rings. The first kappa shape index (κ1) is 24.1. The summed E-state index contributed by atoms with van der Waals surface area (Å²) in [6, 6.07) is -0.700. The Labute approximate surface area is 156 Å². The van der Waals surface area contributed by atoms with Crippen LogP contribution < -0.4 is 11.1 Å². The van der Waals surface area contributed by atoms with E-state index < -0.39 is 16.1 Å². The fourth-order valence-electron chi connectivity index (χ4n) is 2.86. The Bertz CT molecular complexity index is 548. The van der Waals surface area contributed by atoms with Crippen molar-refractivity contribution in [1.29, 1.82) is 0 Å². The average Bonchev–Trinajstić information content (AvgIpc) is 2.51. The number of rotatable bonds is 7. The first-order valence-electron chi connectivity index (χ1n) is 8.35. The summed E-state index contributed by atoms with van der Waals surface area (Å²) in [5.74, 6) is -0.491. The quantitative estimate of drug-likeness (QED) is 0.615. The summed E-state index contributed by atoms with van der Waals surface area (Å²) in [5, 5.41) is 2.57. The Morgan fingerprint density at radius 1 is 1.28 bits per heavy atom. The molecule has 0 radical (unpaired) electrons. The second-order valence-corrected chi connectivity index (χ2v) is 8.50. The lowest BCUT2D eigenvalue weighted by Gasteiger charge is -2.37. The highest BCUT2D eigenvalue weighted by Gasteiger charge is 2.30. The fourth-order valence-corrected chi connectivity index (χ4v) is 4.08. The van der Waals surface area contributed by atoms with Crippen LogP contribution >= 0.6 is 12.4 Å². The number of nitrogens with zero attached hydrogens (tertiary/aromatic N) is 2. The number of carbonyl (C=O) groups excluding carboxylic acids is 2. The minimum absolute atomic E-state index is 0. The van der Waals surface area contributed by atoms with E-state index in [2.05, 4.69) is 5.32 Å². The van der Waals surface area contributed by atoms with Crippen LogP contribution in [0.5, 0.6) is 0 Å². The third-order valence-corrected chi connectivity index (χ3v) is 5.81. The van der Waals surface area contributed by atoms with Crippen molar-refractivity contribution in [3.05, 3.63) is 0 Å². The maximum absolute atomic E-state index is 12.2. The van der Waals surface area contributed by atoms with Gasteiger partial charge in [0.2, 0.25) is 21.8 Å². The second-order valence-electron chi connectivity index (χ2n) is 6.57. The molecule has 2 amide bonds. The number of sulfonamides is 1. The highest BCUT2D eigenvalue weighted by molar-refractivity contribution is 7.88. The van der Waals surface area contributed by atoms with Crippen molar-refractivity contribution in [1.82, 2.24) is 14.5 Å². The Morgan fingerprint density at radius 2 is 1.80 bits per heavy atom. The summed E-state index contributed by atoms with van der Waals surface area (Å²) in [6.07, 6.45) is 2.42. The summed E-state index contributed by atoms with van der Waals surface area (Å²) in [4.78, 5) is 25.6. The molecule has 1 aliphatic heterocycles. The number of hydrogen-bond donors (Lipinski definition) is 2. The molecule has 25 heavy (non-hydrogen) atoms. The van der Waals surface area contributed by atoms with Crippen molar-refractivity contribution >= 4 is 34.2 Å². The molecule has 1 atom stereocenters. The molecule has 0 spiro atoms. The molecule has 0 saturated carbocycles. The van der Waals surface area contributed by atoms with Crippen LogP contribution in [0.3, 0.4) is 0 Å². The predicted octanol–water partition coefficient (Wildman–Crippen LogP) is -0.220. The van der Waals surface area contributed by atoms with Gasteiger partial charge in [0.05, 0.1) is 18.8 Å². The molecule has 0 bridgehead atoms. The van der Waals surface area contributed by atoms with E-state index in [-0.39, 0.29) is 42.7 Å². The Hall–Kier alpha value is -0.900. The molecule has 10 heteroatoms. The Kier molecular flexibility index (Phi) is 9.93. The highest BCUT2D eigenvalue weighted by atomic mass is 35.5. The third-order valence-electron chi connectivity index (χ3n) is 4.40. The molecule has 1 saturated heterocycles. The summed E-state index contributed by atoms with van der Waals surface area (Å²) >= 11 is 0. The normalized spacial score (nSPS) is 17.3. The summed E-state index contributed by atoms with van der Waals surface area (Å²) in [6.45, 7) is 6.83. The zero-order valence-electron chi connectivity index (χ0n) is 15.4. The van der Waals surface area contributed by atoms with Crippen LogP contribution in [-0.2, 0) is 19.6 Å². The molecule has 0 aromatic rings. The van der Waals surface area contributed by atoms with Gasteiger partial charge in [-0.15, -0.1) is 12.4 Å². The van der Waals surface area contributed by atoms with Gasteiger partial charge in [-0.25, -0.2) is 8.42 Å². The number of hydrogen-bond acceptors (Lipinski definition) is 5. The molecule has 0 aliphatic carbocycles. The summed E-state index contributed by atoms with van der Waals surface area (Å²) < 4.78 is 25.0. The van der Waals surface area contributed by atoms with Crippen LogP contribution in [0.15, 0.2) is 0 Å². The summed E-state index contributed by atoms with van der Waals surface area (Å²) in [7, 11) is -3.23. The van der Waals surface area contributed by atoms with Crippen molar-refractivity contribution in [3.63, 3.8) is 0 Å². The topological polar surface area (TPSA) is 113 Å². The van der Waals surface area contributed by atoms with E-state index in [0.717, 1.165) is 0 Å². The Morgan fingerprint density at radius 3 is 2.20 bits per heavy atom. The van der Waals surface area contributed by atoms with Gasteiger partial charge < -0.3 is 16.0 Å². The van der Waals surface area contributed by atoms with Crippen LogP contribution in [0.1, 0.15) is 33.6 Å². The van der Waals surface area contributed by atoms with Gasteiger partial charge in [-0.1, -0.05) is 20.8 Å². The Balaban J connectivity index is 0.00000576.